The van der Waals surface area contributed by atoms with Crippen molar-refractivity contribution in [1.82, 2.24) is 39.7 Å². The molecule has 0 aliphatic carbocycles. The van der Waals surface area contributed by atoms with Crippen LogP contribution in [-0.4, -0.2) is 113 Å². The molecule has 0 spiro atoms. The van der Waals surface area contributed by atoms with Crippen molar-refractivity contribution in [2.75, 3.05) is 14.2 Å². The number of halogens is 1. The monoisotopic (exact) mass is 912 g/mol. The molecule has 0 radical (unpaired) electrons. The number of methoxy groups -OCH3 is 2. The zero-order chi connectivity index (χ0) is 45.1. The maximum Gasteiger partial charge on any atom is 1.00 e. The average molecular weight is 914 g/mol. The van der Waals surface area contributed by atoms with Gasteiger partial charge in [-0.25, -0.2) is 29.5 Å². The van der Waals surface area contributed by atoms with Gasteiger partial charge in [-0.3, -0.25) is 19.8 Å². The molecular formula is C44H54ClKN8O9. The first-order valence-electron chi connectivity index (χ1n) is 20.1. The first kappa shape index (κ1) is 51.4. The quantitative estimate of drug-likeness (QED) is 0.166. The standard InChI is InChI=1S/C20H22N4O4.C11H10ClN3O.C9H13NO3.C4H9O.K/c1-12-18(22-11-23-19(12)28-17-5-4-8-21-13(17)2)27-16-9-14-6-7-15(10-16)24(14)20(25)26-3;1-7-10(12)14-6-15-11(7)16-9-4-3-5-13-8(9)2;1-13-9(12)10-6-2-3-7(10)5-8(11)4-6;1-4(2,3)5;/h4-8,11,14-16H,9-10H2,1-3H3;3-6H,1-2H3;2-3,6-8,11H,4-5H2,1H3;1-3H3;/q;;;-1;+1. The van der Waals surface area contributed by atoms with Gasteiger partial charge in [-0.05, 0) is 64.8 Å². The van der Waals surface area contributed by atoms with Crippen LogP contribution in [0.4, 0.5) is 9.59 Å². The summed E-state index contributed by atoms with van der Waals surface area (Å²) in [5.74, 6) is 2.69. The van der Waals surface area contributed by atoms with Crippen molar-refractivity contribution in [2.45, 2.75) is 116 Å². The van der Waals surface area contributed by atoms with Crippen molar-refractivity contribution in [2.24, 2.45) is 0 Å². The maximum atomic E-state index is 12.0. The summed E-state index contributed by atoms with van der Waals surface area (Å²) in [6.07, 6.45) is 15.9. The Morgan fingerprint density at radius 1 is 0.683 bits per heavy atom. The molecule has 8 heterocycles. The number of rotatable bonds is 6. The smallest absolute Gasteiger partial charge is 0.850 e. The van der Waals surface area contributed by atoms with E-state index in [2.05, 4.69) is 34.6 Å². The summed E-state index contributed by atoms with van der Waals surface area (Å²) in [4.78, 5) is 51.5. The fraction of sp³-hybridized carbons (Fsp3) is 0.455. The first-order valence-corrected chi connectivity index (χ1v) is 20.5. The van der Waals surface area contributed by atoms with Gasteiger partial charge in [0.2, 0.25) is 17.6 Å². The molecule has 63 heavy (non-hydrogen) atoms. The number of pyridine rings is 2. The second-order valence-corrected chi connectivity index (χ2v) is 16.2. The van der Waals surface area contributed by atoms with E-state index in [-0.39, 0.29) is 99.9 Å². The average Bonchev–Trinajstić information content (AvgIpc) is 3.66. The van der Waals surface area contributed by atoms with Crippen LogP contribution in [0.25, 0.3) is 0 Å². The molecule has 332 valence electrons. The summed E-state index contributed by atoms with van der Waals surface area (Å²) in [5.41, 5.74) is 2.27. The number of amides is 2. The largest absolute Gasteiger partial charge is 1.00 e. The van der Waals surface area contributed by atoms with E-state index >= 15 is 0 Å². The number of nitrogens with zero attached hydrogens (tertiary/aromatic N) is 8. The van der Waals surface area contributed by atoms with Crippen LogP contribution >= 0.6 is 11.6 Å². The molecule has 4 unspecified atom stereocenters. The Bertz CT molecular complexity index is 2190. The van der Waals surface area contributed by atoms with Crippen LogP contribution in [0.1, 0.15) is 69.0 Å². The van der Waals surface area contributed by atoms with E-state index in [1.807, 2.05) is 70.2 Å². The molecule has 4 aromatic rings. The number of aliphatic hydroxyl groups excluding tert-OH is 1. The van der Waals surface area contributed by atoms with Crippen LogP contribution in [0.2, 0.25) is 5.15 Å². The first-order chi connectivity index (χ1) is 29.5. The van der Waals surface area contributed by atoms with Gasteiger partial charge in [-0.2, -0.15) is 0 Å². The van der Waals surface area contributed by atoms with Crippen molar-refractivity contribution in [3.63, 3.8) is 0 Å². The number of aryl methyl sites for hydroxylation is 2. The zero-order valence-corrected chi connectivity index (χ0v) is 41.3. The second-order valence-electron chi connectivity index (χ2n) is 15.8. The molecule has 0 saturated carbocycles. The number of piperidine rings is 2. The van der Waals surface area contributed by atoms with Crippen molar-refractivity contribution < 1.29 is 94.9 Å². The summed E-state index contributed by atoms with van der Waals surface area (Å²) in [7, 11) is 2.78. The van der Waals surface area contributed by atoms with Crippen molar-refractivity contribution in [3.8, 4) is 29.1 Å². The number of aromatic nitrogens is 6. The predicted octanol–water partition coefficient (Wildman–Crippen LogP) is 3.80. The number of hydrogen-bond acceptors (Lipinski definition) is 15. The Labute approximate surface area is 415 Å². The van der Waals surface area contributed by atoms with Crippen LogP contribution in [0.3, 0.4) is 0 Å². The Balaban J connectivity index is 0.000000211. The molecule has 1 N–H and O–H groups in total. The molecule has 4 bridgehead atoms. The van der Waals surface area contributed by atoms with Crippen LogP contribution in [0, 0.1) is 27.7 Å². The third-order valence-corrected chi connectivity index (χ3v) is 10.3. The van der Waals surface area contributed by atoms with Crippen molar-refractivity contribution >= 4 is 23.8 Å². The molecule has 4 aliphatic rings. The topological polar surface area (TPSA) is 207 Å². The fourth-order valence-corrected chi connectivity index (χ4v) is 7.08. The Hall–Kier alpha value is -4.27. The van der Waals surface area contributed by atoms with E-state index in [1.165, 1.54) is 26.9 Å². The van der Waals surface area contributed by atoms with Gasteiger partial charge >= 0.3 is 63.6 Å². The Morgan fingerprint density at radius 2 is 1.08 bits per heavy atom. The Kier molecular flexibility index (Phi) is 19.2. The molecule has 2 saturated heterocycles. The summed E-state index contributed by atoms with van der Waals surface area (Å²) in [5, 5.41) is 19.9. The number of carbonyl (C=O) groups is 2. The number of hydrogen-bond donors (Lipinski definition) is 1. The van der Waals surface area contributed by atoms with E-state index in [0.717, 1.165) is 17.0 Å². The summed E-state index contributed by atoms with van der Waals surface area (Å²) < 4.78 is 27.3. The molecule has 0 aromatic carbocycles. The molecule has 17 nitrogen and oxygen atoms in total. The number of ether oxygens (including phenoxy) is 5. The fourth-order valence-electron chi connectivity index (χ4n) is 6.96. The van der Waals surface area contributed by atoms with E-state index in [4.69, 9.17) is 30.5 Å². The number of aliphatic hydroxyl groups is 1. The van der Waals surface area contributed by atoms with Gasteiger partial charge in [0.15, 0.2) is 11.5 Å². The van der Waals surface area contributed by atoms with E-state index in [9.17, 15) is 19.8 Å². The zero-order valence-electron chi connectivity index (χ0n) is 37.4. The van der Waals surface area contributed by atoms with Crippen LogP contribution in [-0.2, 0) is 9.47 Å². The van der Waals surface area contributed by atoms with Gasteiger partial charge in [0.1, 0.15) is 23.9 Å². The molecule has 8 rings (SSSR count). The summed E-state index contributed by atoms with van der Waals surface area (Å²) in [6, 6.07) is 7.31. The number of fused-ring (bicyclic) bond motifs is 4. The molecular weight excluding hydrogens is 859 g/mol. The number of carbonyl (C=O) groups excluding carboxylic acids is 2. The predicted molar refractivity (Wildman–Crippen MR) is 227 cm³/mol. The molecule has 4 aromatic heterocycles. The van der Waals surface area contributed by atoms with E-state index < -0.39 is 5.60 Å². The van der Waals surface area contributed by atoms with Crippen molar-refractivity contribution in [3.05, 3.63) is 101 Å². The van der Waals surface area contributed by atoms with Gasteiger partial charge in [0, 0.05) is 30.8 Å². The second kappa shape index (κ2) is 23.6. The summed E-state index contributed by atoms with van der Waals surface area (Å²) >= 11 is 5.87. The molecule has 2 fully saturated rings. The summed E-state index contributed by atoms with van der Waals surface area (Å²) in [6.45, 7) is 12.3. The Morgan fingerprint density at radius 3 is 1.51 bits per heavy atom. The van der Waals surface area contributed by atoms with E-state index in [0.29, 0.717) is 65.5 Å². The molecule has 4 aliphatic heterocycles. The van der Waals surface area contributed by atoms with Crippen molar-refractivity contribution in [1.29, 1.82) is 0 Å². The third kappa shape index (κ3) is 14.4. The van der Waals surface area contributed by atoms with Gasteiger partial charge in [0.05, 0.1) is 61.4 Å². The molecule has 2 amide bonds. The maximum absolute atomic E-state index is 12.0. The van der Waals surface area contributed by atoms with Gasteiger partial charge < -0.3 is 33.9 Å². The normalized spacial score (nSPS) is 21.2. The minimum Gasteiger partial charge on any atom is -0.850 e. The molecule has 4 atom stereocenters. The van der Waals surface area contributed by atoms with Crippen LogP contribution in [0.5, 0.6) is 29.1 Å². The third-order valence-electron chi connectivity index (χ3n) is 9.92. The van der Waals surface area contributed by atoms with Crippen LogP contribution < -0.4 is 70.7 Å². The van der Waals surface area contributed by atoms with Gasteiger partial charge in [-0.15, -0.1) is 5.60 Å². The van der Waals surface area contributed by atoms with E-state index in [1.54, 1.807) is 49.0 Å². The van der Waals surface area contributed by atoms with Gasteiger partial charge in [0.25, 0.3) is 0 Å². The van der Waals surface area contributed by atoms with Gasteiger partial charge in [-0.1, -0.05) is 56.7 Å². The minimum absolute atomic E-state index is 0. The van der Waals surface area contributed by atoms with Crippen LogP contribution in [0.15, 0.2) is 73.6 Å². The minimum atomic E-state index is -0.750. The SMILES string of the molecule is CC(C)(C)[O-].COC(=O)N1C2C=CC1CC(O)C2.COC(=O)N1C2C=CC1CC(Oc1ncnc(Oc3cccnc3C)c1C)C2.Cc1ncccc1Oc1ncnc(Cl)c1C.[K+]. The molecule has 19 heteroatoms.